The van der Waals surface area contributed by atoms with Crippen LogP contribution >= 0.6 is 0 Å². The highest BCUT2D eigenvalue weighted by Crippen LogP contribution is 2.35. The van der Waals surface area contributed by atoms with Crippen LogP contribution in [0.3, 0.4) is 0 Å². The van der Waals surface area contributed by atoms with Gasteiger partial charge in [0.15, 0.2) is 5.82 Å². The molecule has 0 unspecified atom stereocenters. The van der Waals surface area contributed by atoms with E-state index < -0.39 is 5.60 Å². The molecular weight excluding hydrogens is 486 g/mol. The summed E-state index contributed by atoms with van der Waals surface area (Å²) >= 11 is 0. The number of anilines is 1. The second kappa shape index (κ2) is 9.60. The smallest absolute Gasteiger partial charge is 0.159 e. The summed E-state index contributed by atoms with van der Waals surface area (Å²) in [6.07, 6.45) is 1.38. The van der Waals surface area contributed by atoms with Crippen LogP contribution in [0.4, 0.5) is 5.69 Å². The molecule has 2 aromatic heterocycles. The van der Waals surface area contributed by atoms with E-state index in [2.05, 4.69) is 44.3 Å². The van der Waals surface area contributed by atoms with Crippen LogP contribution in [0.15, 0.2) is 97.1 Å². The Morgan fingerprint density at radius 1 is 0.846 bits per heavy atom. The van der Waals surface area contributed by atoms with Gasteiger partial charge in [-0.15, -0.1) is 0 Å². The molecule has 6 aromatic rings. The normalized spacial score (nSPS) is 15.2. The van der Waals surface area contributed by atoms with Crippen molar-refractivity contribution in [3.8, 4) is 17.3 Å². The van der Waals surface area contributed by atoms with E-state index in [1.807, 2.05) is 72.8 Å². The standard InChI is InChI=1S/C32H29N5O2/c38-32(23-9-5-2-6-10-23)15-17-37(18-16-32)24-11-13-28-29(19-24)34-31(33-28)30-26-20-25(12-14-27(26)35-36-30)39-21-22-7-3-1-4-8-22/h1-14,19-20,38H,15-18,21H2,(H,33,34)(H,35,36). The molecule has 7 rings (SSSR count). The summed E-state index contributed by atoms with van der Waals surface area (Å²) in [6.45, 7) is 2.08. The Hall–Kier alpha value is -4.62. The fourth-order valence-electron chi connectivity index (χ4n) is 5.48. The predicted molar refractivity (Wildman–Crippen MR) is 154 cm³/mol. The van der Waals surface area contributed by atoms with Crippen molar-refractivity contribution in [1.82, 2.24) is 20.2 Å². The molecule has 0 radical (unpaired) electrons. The van der Waals surface area contributed by atoms with Crippen molar-refractivity contribution in [3.63, 3.8) is 0 Å². The average Bonchev–Trinajstić information content (AvgIpc) is 3.61. The first-order chi connectivity index (χ1) is 19.1. The lowest BCUT2D eigenvalue weighted by molar-refractivity contribution is 0.0118. The largest absolute Gasteiger partial charge is 0.489 e. The van der Waals surface area contributed by atoms with Gasteiger partial charge < -0.3 is 19.7 Å². The number of aromatic nitrogens is 4. The van der Waals surface area contributed by atoms with Gasteiger partial charge in [0.2, 0.25) is 0 Å². The van der Waals surface area contributed by atoms with Gasteiger partial charge in [-0.2, -0.15) is 5.10 Å². The van der Waals surface area contributed by atoms with Crippen LogP contribution in [-0.4, -0.2) is 38.4 Å². The fourth-order valence-corrected chi connectivity index (χ4v) is 5.48. The van der Waals surface area contributed by atoms with Crippen LogP contribution in [0, 0.1) is 0 Å². The summed E-state index contributed by atoms with van der Waals surface area (Å²) in [5, 5.41) is 19.9. The van der Waals surface area contributed by atoms with E-state index in [0.29, 0.717) is 25.3 Å². The van der Waals surface area contributed by atoms with Crippen LogP contribution in [0.25, 0.3) is 33.5 Å². The lowest BCUT2D eigenvalue weighted by atomic mass is 9.84. The molecule has 1 saturated heterocycles. The van der Waals surface area contributed by atoms with Gasteiger partial charge in [0, 0.05) is 24.2 Å². The quantitative estimate of drug-likeness (QED) is 0.247. The zero-order valence-corrected chi connectivity index (χ0v) is 21.5. The lowest BCUT2D eigenvalue weighted by Crippen LogP contribution is -2.42. The summed E-state index contributed by atoms with van der Waals surface area (Å²) in [5.41, 5.74) is 6.01. The van der Waals surface area contributed by atoms with Gasteiger partial charge in [-0.05, 0) is 60.4 Å². The Labute approximate surface area is 226 Å². The Morgan fingerprint density at radius 2 is 1.62 bits per heavy atom. The summed E-state index contributed by atoms with van der Waals surface area (Å²) in [7, 11) is 0. The molecule has 1 aliphatic heterocycles. The van der Waals surface area contributed by atoms with Crippen LogP contribution in [-0.2, 0) is 12.2 Å². The van der Waals surface area contributed by atoms with Gasteiger partial charge in [-0.1, -0.05) is 60.7 Å². The molecule has 0 saturated carbocycles. The number of benzene rings is 4. The molecule has 0 amide bonds. The molecule has 4 aromatic carbocycles. The first-order valence-corrected chi connectivity index (χ1v) is 13.3. The minimum atomic E-state index is -0.770. The van der Waals surface area contributed by atoms with Crippen molar-refractivity contribution >= 4 is 27.6 Å². The maximum Gasteiger partial charge on any atom is 0.159 e. The Bertz CT molecular complexity index is 1730. The zero-order chi connectivity index (χ0) is 26.2. The number of aliphatic hydroxyl groups is 1. The van der Waals surface area contributed by atoms with E-state index in [4.69, 9.17) is 9.72 Å². The Kier molecular flexibility index (Phi) is 5.78. The van der Waals surface area contributed by atoms with Crippen LogP contribution in [0.2, 0.25) is 0 Å². The summed E-state index contributed by atoms with van der Waals surface area (Å²) in [4.78, 5) is 10.6. The molecule has 7 heteroatoms. The van der Waals surface area contributed by atoms with Gasteiger partial charge in [0.05, 0.1) is 22.2 Å². The number of nitrogens with one attached hydrogen (secondary N) is 2. The molecule has 7 nitrogen and oxygen atoms in total. The number of hydrogen-bond donors (Lipinski definition) is 3. The second-order valence-electron chi connectivity index (χ2n) is 10.2. The van der Waals surface area contributed by atoms with Gasteiger partial charge >= 0.3 is 0 Å². The van der Waals surface area contributed by atoms with E-state index in [1.165, 1.54) is 0 Å². The maximum atomic E-state index is 11.2. The number of nitrogens with zero attached hydrogens (tertiary/aromatic N) is 3. The predicted octanol–water partition coefficient (Wildman–Crippen LogP) is 6.17. The van der Waals surface area contributed by atoms with Gasteiger partial charge in [0.25, 0.3) is 0 Å². The molecule has 1 aliphatic rings. The number of rotatable bonds is 6. The zero-order valence-electron chi connectivity index (χ0n) is 21.5. The topological polar surface area (TPSA) is 90.1 Å². The monoisotopic (exact) mass is 515 g/mol. The van der Waals surface area contributed by atoms with Crippen LogP contribution in [0.5, 0.6) is 5.75 Å². The van der Waals surface area contributed by atoms with Gasteiger partial charge in [0.1, 0.15) is 18.1 Å². The first kappa shape index (κ1) is 23.5. The van der Waals surface area contributed by atoms with Crippen molar-refractivity contribution in [2.75, 3.05) is 18.0 Å². The van der Waals surface area contributed by atoms with E-state index in [-0.39, 0.29) is 0 Å². The summed E-state index contributed by atoms with van der Waals surface area (Å²) < 4.78 is 6.05. The molecule has 0 bridgehead atoms. The van der Waals surface area contributed by atoms with Crippen molar-refractivity contribution < 1.29 is 9.84 Å². The van der Waals surface area contributed by atoms with Gasteiger partial charge in [-0.3, -0.25) is 5.10 Å². The highest BCUT2D eigenvalue weighted by molar-refractivity contribution is 5.94. The molecule has 194 valence electrons. The third kappa shape index (κ3) is 4.51. The second-order valence-corrected chi connectivity index (χ2v) is 10.2. The number of aromatic amines is 2. The number of hydrogen-bond acceptors (Lipinski definition) is 5. The number of imidazole rings is 1. The van der Waals surface area contributed by atoms with Crippen LogP contribution < -0.4 is 9.64 Å². The molecule has 0 atom stereocenters. The van der Waals surface area contributed by atoms with Crippen molar-refractivity contribution in [2.24, 2.45) is 0 Å². The minimum absolute atomic E-state index is 0.506. The minimum Gasteiger partial charge on any atom is -0.489 e. The molecular formula is C32H29N5O2. The Balaban J connectivity index is 1.11. The summed E-state index contributed by atoms with van der Waals surface area (Å²) in [5.74, 6) is 1.50. The molecule has 0 spiro atoms. The molecule has 0 aliphatic carbocycles. The number of H-pyrrole nitrogens is 2. The van der Waals surface area contributed by atoms with E-state index >= 15 is 0 Å². The molecule has 3 heterocycles. The number of piperidine rings is 1. The SMILES string of the molecule is OC1(c2ccccc2)CCN(c2ccc3nc(-c4n[nH]c5ccc(OCc6ccccc6)cc45)[nH]c3c2)CC1. The van der Waals surface area contributed by atoms with Crippen molar-refractivity contribution in [1.29, 1.82) is 0 Å². The number of fused-ring (bicyclic) bond motifs is 2. The van der Waals surface area contributed by atoms with Gasteiger partial charge in [-0.25, -0.2) is 4.98 Å². The third-order valence-corrected chi connectivity index (χ3v) is 7.74. The summed E-state index contributed by atoms with van der Waals surface area (Å²) in [6, 6.07) is 32.4. The lowest BCUT2D eigenvalue weighted by Gasteiger charge is -2.39. The molecule has 39 heavy (non-hydrogen) atoms. The molecule has 3 N–H and O–H groups in total. The molecule has 1 fully saturated rings. The fraction of sp³-hybridized carbons (Fsp3) is 0.188. The van der Waals surface area contributed by atoms with E-state index in [1.54, 1.807) is 0 Å². The number of ether oxygens (including phenoxy) is 1. The third-order valence-electron chi connectivity index (χ3n) is 7.74. The van der Waals surface area contributed by atoms with Crippen molar-refractivity contribution in [2.45, 2.75) is 25.0 Å². The first-order valence-electron chi connectivity index (χ1n) is 13.3. The average molecular weight is 516 g/mol. The van der Waals surface area contributed by atoms with Crippen LogP contribution in [0.1, 0.15) is 24.0 Å². The Morgan fingerprint density at radius 3 is 2.41 bits per heavy atom. The highest BCUT2D eigenvalue weighted by Gasteiger charge is 2.34. The van der Waals surface area contributed by atoms with Crippen molar-refractivity contribution in [3.05, 3.63) is 108 Å². The van der Waals surface area contributed by atoms with E-state index in [9.17, 15) is 5.11 Å². The maximum absolute atomic E-state index is 11.2. The highest BCUT2D eigenvalue weighted by atomic mass is 16.5. The van der Waals surface area contributed by atoms with E-state index in [0.717, 1.165) is 63.3 Å².